The van der Waals surface area contributed by atoms with Crippen LogP contribution in [0.2, 0.25) is 0 Å². The predicted molar refractivity (Wildman–Crippen MR) is 51.9 cm³/mol. The third-order valence-corrected chi connectivity index (χ3v) is 2.31. The Morgan fingerprint density at radius 1 is 1.57 bits per heavy atom. The smallest absolute Gasteiger partial charge is 0.271 e. The van der Waals surface area contributed by atoms with E-state index in [2.05, 4.69) is 10.7 Å². The molecule has 0 spiro atoms. The Balaban J connectivity index is 2.59. The van der Waals surface area contributed by atoms with Crippen molar-refractivity contribution in [1.29, 1.82) is 0 Å². The molecule has 14 heavy (non-hydrogen) atoms. The number of carbonyl (C=O) groups excluding carboxylic acids is 1. The highest BCUT2D eigenvalue weighted by molar-refractivity contribution is 5.96. The average molecular weight is 195 g/mol. The molecule has 1 aliphatic rings. The van der Waals surface area contributed by atoms with Crippen LogP contribution >= 0.6 is 0 Å². The molecular formula is C9H13N3O2. The van der Waals surface area contributed by atoms with Crippen molar-refractivity contribution in [2.75, 3.05) is 12.1 Å². The lowest BCUT2D eigenvalue weighted by Crippen LogP contribution is -2.41. The summed E-state index contributed by atoms with van der Waals surface area (Å²) in [6.45, 7) is 4.27. The van der Waals surface area contributed by atoms with E-state index in [1.165, 1.54) is 6.20 Å². The third-order valence-electron chi connectivity index (χ3n) is 2.31. The second kappa shape index (κ2) is 2.94. The summed E-state index contributed by atoms with van der Waals surface area (Å²) >= 11 is 0. The molecule has 0 saturated heterocycles. The number of aromatic nitrogens is 1. The maximum atomic E-state index is 11.5. The summed E-state index contributed by atoms with van der Waals surface area (Å²) in [5.41, 5.74) is 4.13. The number of hydrogen-bond acceptors (Lipinski definition) is 3. The van der Waals surface area contributed by atoms with Crippen molar-refractivity contribution in [2.24, 2.45) is 0 Å². The Hall–Kier alpha value is -1.65. The molecule has 0 fully saturated rings. The Bertz CT molecular complexity index is 382. The lowest BCUT2D eigenvalue weighted by molar-refractivity contribution is 0.0935. The van der Waals surface area contributed by atoms with E-state index in [0.29, 0.717) is 17.9 Å². The van der Waals surface area contributed by atoms with Gasteiger partial charge in [-0.15, -0.1) is 0 Å². The number of nitrogens with zero attached hydrogens (tertiary/aromatic N) is 1. The van der Waals surface area contributed by atoms with Crippen molar-refractivity contribution < 1.29 is 9.90 Å². The quantitative estimate of drug-likeness (QED) is 0.613. The van der Waals surface area contributed by atoms with Gasteiger partial charge in [0.2, 0.25) is 0 Å². The molecule has 5 nitrogen and oxygen atoms in total. The fraction of sp³-hybridized carbons (Fsp3) is 0.444. The van der Waals surface area contributed by atoms with Gasteiger partial charge >= 0.3 is 0 Å². The first-order chi connectivity index (χ1) is 6.61. The molecule has 1 aromatic heterocycles. The molecule has 0 atom stereocenters. The van der Waals surface area contributed by atoms with Crippen LogP contribution < -0.4 is 10.7 Å². The standard InChI is InChI=1S/C9H13N3O2/c1-5(2)7-6(13)3-12-8(7)9(14)10-4-11-12/h3,5,11,13H,4H2,1-2H3,(H,10,14). The molecule has 1 amide bonds. The van der Waals surface area contributed by atoms with Crippen LogP contribution in [0.3, 0.4) is 0 Å². The van der Waals surface area contributed by atoms with Crippen LogP contribution in [0.5, 0.6) is 5.75 Å². The van der Waals surface area contributed by atoms with E-state index in [9.17, 15) is 9.90 Å². The number of amides is 1. The topological polar surface area (TPSA) is 66.3 Å². The van der Waals surface area contributed by atoms with Crippen LogP contribution in [0.25, 0.3) is 0 Å². The number of aromatic hydroxyl groups is 1. The Labute approximate surface area is 81.7 Å². The molecule has 76 valence electrons. The first kappa shape index (κ1) is 8.93. The minimum atomic E-state index is -0.146. The number of hydrogen-bond donors (Lipinski definition) is 3. The molecule has 1 aromatic rings. The fourth-order valence-corrected chi connectivity index (χ4v) is 1.72. The largest absolute Gasteiger partial charge is 0.506 e. The van der Waals surface area contributed by atoms with Crippen LogP contribution in [0.15, 0.2) is 6.20 Å². The van der Waals surface area contributed by atoms with Crippen molar-refractivity contribution >= 4 is 5.91 Å². The average Bonchev–Trinajstić information content (AvgIpc) is 2.42. The van der Waals surface area contributed by atoms with Gasteiger partial charge in [-0.1, -0.05) is 13.8 Å². The Morgan fingerprint density at radius 3 is 2.93 bits per heavy atom. The lowest BCUT2D eigenvalue weighted by Gasteiger charge is -2.19. The van der Waals surface area contributed by atoms with Crippen LogP contribution in [0, 0.1) is 0 Å². The summed E-state index contributed by atoms with van der Waals surface area (Å²) < 4.78 is 1.57. The summed E-state index contributed by atoms with van der Waals surface area (Å²) in [6, 6.07) is 0. The summed E-state index contributed by atoms with van der Waals surface area (Å²) in [6.07, 6.45) is 1.53. The third kappa shape index (κ3) is 1.13. The molecule has 2 rings (SSSR count). The zero-order chi connectivity index (χ0) is 10.3. The minimum Gasteiger partial charge on any atom is -0.506 e. The van der Waals surface area contributed by atoms with Crippen molar-refractivity contribution in [3.05, 3.63) is 17.5 Å². The van der Waals surface area contributed by atoms with E-state index in [0.717, 1.165) is 0 Å². The van der Waals surface area contributed by atoms with Gasteiger partial charge in [0.15, 0.2) is 0 Å². The maximum Gasteiger partial charge on any atom is 0.271 e. The molecule has 0 bridgehead atoms. The molecule has 1 aliphatic heterocycles. The van der Waals surface area contributed by atoms with Gasteiger partial charge in [-0.25, -0.2) is 0 Å². The van der Waals surface area contributed by atoms with E-state index in [1.807, 2.05) is 13.8 Å². The van der Waals surface area contributed by atoms with Gasteiger partial charge in [-0.05, 0) is 5.92 Å². The minimum absolute atomic E-state index is 0.122. The molecule has 0 unspecified atom stereocenters. The molecule has 5 heteroatoms. The molecule has 3 N–H and O–H groups in total. The summed E-state index contributed by atoms with van der Waals surface area (Å²) in [4.78, 5) is 11.5. The second-order valence-electron chi connectivity index (χ2n) is 3.64. The van der Waals surface area contributed by atoms with Crippen LogP contribution in [-0.4, -0.2) is 22.4 Å². The van der Waals surface area contributed by atoms with Crippen molar-refractivity contribution in [2.45, 2.75) is 19.8 Å². The highest BCUT2D eigenvalue weighted by atomic mass is 16.3. The predicted octanol–water partition coefficient (Wildman–Crippen LogP) is 0.562. The zero-order valence-electron chi connectivity index (χ0n) is 8.16. The van der Waals surface area contributed by atoms with Crippen molar-refractivity contribution in [3.8, 4) is 5.75 Å². The van der Waals surface area contributed by atoms with Gasteiger partial charge in [0.1, 0.15) is 18.1 Å². The monoisotopic (exact) mass is 195 g/mol. The number of nitrogens with one attached hydrogen (secondary N) is 2. The highest BCUT2D eigenvalue weighted by Crippen LogP contribution is 2.30. The van der Waals surface area contributed by atoms with Gasteiger partial charge < -0.3 is 15.8 Å². The van der Waals surface area contributed by atoms with E-state index in [1.54, 1.807) is 4.68 Å². The molecular weight excluding hydrogens is 182 g/mol. The molecule has 0 saturated carbocycles. The second-order valence-corrected chi connectivity index (χ2v) is 3.64. The molecule has 0 radical (unpaired) electrons. The van der Waals surface area contributed by atoms with E-state index >= 15 is 0 Å². The number of rotatable bonds is 1. The van der Waals surface area contributed by atoms with E-state index in [-0.39, 0.29) is 17.6 Å². The summed E-state index contributed by atoms with van der Waals surface area (Å²) in [5, 5.41) is 12.3. The maximum absolute atomic E-state index is 11.5. The summed E-state index contributed by atoms with van der Waals surface area (Å²) in [7, 11) is 0. The van der Waals surface area contributed by atoms with Gasteiger partial charge in [0, 0.05) is 5.56 Å². The first-order valence-corrected chi connectivity index (χ1v) is 4.57. The SMILES string of the molecule is CC(C)c1c(O)cn2c1C(=O)NCN2. The molecule has 2 heterocycles. The molecule has 0 aliphatic carbocycles. The van der Waals surface area contributed by atoms with E-state index in [4.69, 9.17) is 0 Å². The van der Waals surface area contributed by atoms with Gasteiger partial charge in [0.25, 0.3) is 5.91 Å². The number of fused-ring (bicyclic) bond motifs is 1. The van der Waals surface area contributed by atoms with Crippen LogP contribution in [0.4, 0.5) is 0 Å². The summed E-state index contributed by atoms with van der Waals surface area (Å²) in [5.74, 6) is 0.143. The first-order valence-electron chi connectivity index (χ1n) is 4.57. The van der Waals surface area contributed by atoms with Gasteiger partial charge in [0.05, 0.1) is 6.20 Å². The van der Waals surface area contributed by atoms with Gasteiger partial charge in [-0.3, -0.25) is 9.47 Å². The van der Waals surface area contributed by atoms with Gasteiger partial charge in [-0.2, -0.15) is 0 Å². The Morgan fingerprint density at radius 2 is 2.29 bits per heavy atom. The van der Waals surface area contributed by atoms with Crippen LogP contribution in [0.1, 0.15) is 35.8 Å². The normalized spacial score (nSPS) is 14.9. The van der Waals surface area contributed by atoms with Crippen molar-refractivity contribution in [1.82, 2.24) is 9.99 Å². The lowest BCUT2D eigenvalue weighted by atomic mass is 10.0. The highest BCUT2D eigenvalue weighted by Gasteiger charge is 2.25. The zero-order valence-corrected chi connectivity index (χ0v) is 8.16. The van der Waals surface area contributed by atoms with Crippen molar-refractivity contribution in [3.63, 3.8) is 0 Å². The molecule has 0 aromatic carbocycles. The Kier molecular flexibility index (Phi) is 1.87. The number of carbonyl (C=O) groups is 1. The van der Waals surface area contributed by atoms with E-state index < -0.39 is 0 Å². The fourth-order valence-electron chi connectivity index (χ4n) is 1.72. The van der Waals surface area contributed by atoms with Crippen LogP contribution in [-0.2, 0) is 0 Å².